The molecule has 1 fully saturated rings. The average Bonchev–Trinajstić information content (AvgIpc) is 3.57. The van der Waals surface area contributed by atoms with Gasteiger partial charge >= 0.3 is 0 Å². The molecule has 4 N–H and O–H groups in total. The second-order valence-electron chi connectivity index (χ2n) is 12.3. The Hall–Kier alpha value is -3.50. The van der Waals surface area contributed by atoms with Gasteiger partial charge in [0.25, 0.3) is 0 Å². The van der Waals surface area contributed by atoms with Crippen LogP contribution < -0.4 is 16.0 Å². The monoisotopic (exact) mass is 666 g/mol. The van der Waals surface area contributed by atoms with Crippen LogP contribution in [0.3, 0.4) is 0 Å². The van der Waals surface area contributed by atoms with E-state index in [1.165, 1.54) is 0 Å². The molecule has 3 aromatic carbocycles. The van der Waals surface area contributed by atoms with Gasteiger partial charge in [-0.05, 0) is 54.5 Å². The lowest BCUT2D eigenvalue weighted by Gasteiger charge is -2.29. The maximum atomic E-state index is 13.6. The molecule has 4 atom stereocenters. The van der Waals surface area contributed by atoms with Crippen LogP contribution in [0.4, 0.5) is 0 Å². The van der Waals surface area contributed by atoms with E-state index in [-0.39, 0.29) is 61.7 Å². The molecular formula is C37H51ClN4O5. The number of nitrogens with one attached hydrogen (secondary N) is 3. The van der Waals surface area contributed by atoms with Gasteiger partial charge in [-0.2, -0.15) is 0 Å². The summed E-state index contributed by atoms with van der Waals surface area (Å²) in [4.78, 5) is 42.0. The number of fused-ring (bicyclic) bond motifs is 1. The van der Waals surface area contributed by atoms with E-state index in [9.17, 15) is 19.5 Å². The smallest absolute Gasteiger partial charge is 0.243 e. The molecule has 47 heavy (non-hydrogen) atoms. The molecule has 4 rings (SSSR count). The molecule has 256 valence electrons. The molecule has 3 aromatic rings. The molecule has 1 aliphatic rings. The normalized spacial score (nSPS) is 16.4. The predicted molar refractivity (Wildman–Crippen MR) is 188 cm³/mol. The number of hydrogen-bond donors (Lipinski definition) is 4. The van der Waals surface area contributed by atoms with Crippen molar-refractivity contribution < 1.29 is 24.2 Å². The van der Waals surface area contributed by atoms with Crippen LogP contribution in [0.5, 0.6) is 0 Å². The minimum absolute atomic E-state index is 0. The quantitative estimate of drug-likeness (QED) is 0.170. The van der Waals surface area contributed by atoms with Crippen molar-refractivity contribution in [2.45, 2.75) is 83.8 Å². The highest BCUT2D eigenvalue weighted by atomic mass is 35.5. The van der Waals surface area contributed by atoms with E-state index < -0.39 is 18.2 Å². The van der Waals surface area contributed by atoms with Crippen molar-refractivity contribution in [1.82, 2.24) is 20.9 Å². The third-order valence-electron chi connectivity index (χ3n) is 8.76. The number of halogens is 1. The summed E-state index contributed by atoms with van der Waals surface area (Å²) in [5.74, 6) is -0.798. The lowest BCUT2D eigenvalue weighted by molar-refractivity contribution is -0.142. The van der Waals surface area contributed by atoms with Crippen LogP contribution in [0.2, 0.25) is 0 Å². The highest BCUT2D eigenvalue weighted by molar-refractivity contribution is 5.93. The Kier molecular flexibility index (Phi) is 15.6. The van der Waals surface area contributed by atoms with Crippen LogP contribution in [0.15, 0.2) is 72.8 Å². The summed E-state index contributed by atoms with van der Waals surface area (Å²) in [6, 6.07) is 22.5. The Balaban J connectivity index is 0.00000600. The van der Waals surface area contributed by atoms with E-state index in [1.807, 2.05) is 93.6 Å². The summed E-state index contributed by atoms with van der Waals surface area (Å²) < 4.78 is 5.87. The fourth-order valence-corrected chi connectivity index (χ4v) is 5.99. The van der Waals surface area contributed by atoms with E-state index in [0.29, 0.717) is 26.1 Å². The number of amides is 3. The van der Waals surface area contributed by atoms with Gasteiger partial charge in [0, 0.05) is 38.5 Å². The molecule has 10 heteroatoms. The summed E-state index contributed by atoms with van der Waals surface area (Å²) >= 11 is 0. The molecule has 0 radical (unpaired) electrons. The van der Waals surface area contributed by atoms with E-state index >= 15 is 0 Å². The lowest BCUT2D eigenvalue weighted by Crippen LogP contribution is -2.55. The van der Waals surface area contributed by atoms with E-state index in [2.05, 4.69) is 16.0 Å². The first-order valence-corrected chi connectivity index (χ1v) is 16.7. The van der Waals surface area contributed by atoms with Gasteiger partial charge in [0.05, 0.1) is 18.8 Å². The van der Waals surface area contributed by atoms with Crippen molar-refractivity contribution in [3.63, 3.8) is 0 Å². The van der Waals surface area contributed by atoms with Crippen LogP contribution in [0.1, 0.15) is 57.6 Å². The molecule has 1 heterocycles. The Bertz CT molecular complexity index is 1420. The third kappa shape index (κ3) is 11.3. The Morgan fingerprint density at radius 2 is 1.62 bits per heavy atom. The van der Waals surface area contributed by atoms with E-state index in [1.54, 1.807) is 4.90 Å². The zero-order chi connectivity index (χ0) is 32.9. The Labute approximate surface area is 285 Å². The highest BCUT2D eigenvalue weighted by Crippen LogP contribution is 2.23. The van der Waals surface area contributed by atoms with Crippen LogP contribution in [0.25, 0.3) is 10.8 Å². The van der Waals surface area contributed by atoms with Crippen molar-refractivity contribution in [3.05, 3.63) is 83.9 Å². The van der Waals surface area contributed by atoms with Crippen LogP contribution in [-0.4, -0.2) is 78.2 Å². The Morgan fingerprint density at radius 3 is 2.34 bits per heavy atom. The summed E-state index contributed by atoms with van der Waals surface area (Å²) in [5, 5.41) is 21.7. The molecule has 2 unspecified atom stereocenters. The van der Waals surface area contributed by atoms with Crippen LogP contribution in [0, 0.1) is 5.92 Å². The lowest BCUT2D eigenvalue weighted by atomic mass is 10.00. The topological polar surface area (TPSA) is 120 Å². The second kappa shape index (κ2) is 19.4. The fourth-order valence-electron chi connectivity index (χ4n) is 5.99. The molecule has 1 saturated heterocycles. The number of rotatable bonds is 17. The fraction of sp³-hybridized carbons (Fsp3) is 0.486. The Morgan fingerprint density at radius 1 is 0.915 bits per heavy atom. The minimum atomic E-state index is -0.870. The third-order valence-corrected chi connectivity index (χ3v) is 8.76. The maximum Gasteiger partial charge on any atom is 0.243 e. The van der Waals surface area contributed by atoms with Crippen molar-refractivity contribution in [2.24, 2.45) is 5.92 Å². The van der Waals surface area contributed by atoms with Gasteiger partial charge in [0.1, 0.15) is 12.1 Å². The van der Waals surface area contributed by atoms with Gasteiger partial charge in [0.2, 0.25) is 17.7 Å². The summed E-state index contributed by atoms with van der Waals surface area (Å²) in [6.07, 6.45) is 2.16. The number of aliphatic hydroxyl groups is 1. The first-order chi connectivity index (χ1) is 22.3. The number of carbonyl (C=O) groups excluding carboxylic acids is 3. The number of nitrogens with zero attached hydrogens (tertiary/aromatic N) is 1. The maximum absolute atomic E-state index is 13.6. The molecule has 9 nitrogen and oxygen atoms in total. The van der Waals surface area contributed by atoms with Crippen molar-refractivity contribution in [2.75, 3.05) is 26.2 Å². The zero-order valence-corrected chi connectivity index (χ0v) is 28.6. The van der Waals surface area contributed by atoms with Crippen LogP contribution >= 0.6 is 12.4 Å². The first-order valence-electron chi connectivity index (χ1n) is 16.7. The summed E-state index contributed by atoms with van der Waals surface area (Å²) in [7, 11) is 0. The molecule has 0 bridgehead atoms. The molecule has 0 aromatic heterocycles. The van der Waals surface area contributed by atoms with Gasteiger partial charge in [0.15, 0.2) is 0 Å². The van der Waals surface area contributed by atoms with E-state index in [4.69, 9.17) is 4.74 Å². The summed E-state index contributed by atoms with van der Waals surface area (Å²) in [5.41, 5.74) is 2.00. The zero-order valence-electron chi connectivity index (χ0n) is 27.8. The molecule has 3 amide bonds. The molecule has 0 aliphatic carbocycles. The largest absolute Gasteiger partial charge is 0.390 e. The SMILES string of the molecule is CCC(CC)C(=O)N1CCCC1C(=O)N[C@H](Cc1ccc2ccccc2c1)C(=O)NCC(O)CNC[C@@H](C)OCc1ccccc1.Cl. The predicted octanol–water partition coefficient (Wildman–Crippen LogP) is 4.39. The van der Waals surface area contributed by atoms with E-state index in [0.717, 1.165) is 41.2 Å². The number of aliphatic hydroxyl groups excluding tert-OH is 1. The van der Waals surface area contributed by atoms with Crippen molar-refractivity contribution >= 4 is 40.9 Å². The van der Waals surface area contributed by atoms with Gasteiger partial charge in [-0.15, -0.1) is 12.4 Å². The minimum Gasteiger partial charge on any atom is -0.390 e. The summed E-state index contributed by atoms with van der Waals surface area (Å²) in [6.45, 7) is 7.85. The highest BCUT2D eigenvalue weighted by Gasteiger charge is 2.37. The number of benzene rings is 3. The first kappa shape index (κ1) is 38.0. The van der Waals surface area contributed by atoms with Gasteiger partial charge in [-0.1, -0.05) is 86.6 Å². The van der Waals surface area contributed by atoms with Gasteiger partial charge < -0.3 is 30.7 Å². The number of hydrogen-bond acceptors (Lipinski definition) is 6. The second-order valence-corrected chi connectivity index (χ2v) is 12.3. The molecular weight excluding hydrogens is 616 g/mol. The molecule has 0 saturated carbocycles. The van der Waals surface area contributed by atoms with Crippen LogP contribution in [-0.2, 0) is 32.1 Å². The number of likely N-dealkylation sites (tertiary alicyclic amines) is 1. The number of ether oxygens (including phenoxy) is 1. The van der Waals surface area contributed by atoms with Crippen molar-refractivity contribution in [1.29, 1.82) is 0 Å². The molecule has 1 aliphatic heterocycles. The standard InChI is InChI=1S/C37H50N4O5.ClH/c1-4-29(5-2)37(45)41-19-11-16-34(41)36(44)40-33(21-28-17-18-30-14-9-10-15-31(30)20-28)35(43)39-24-32(42)23-38-22-26(3)46-25-27-12-7-6-8-13-27;/h6-10,12-15,17-18,20,26,29,32-34,38,42H,4-5,11,16,19,21-25H2,1-3H3,(H,39,43)(H,40,44);1H/t26-,32?,33-,34?;/m1./s1. The molecule has 0 spiro atoms. The van der Waals surface area contributed by atoms with Gasteiger partial charge in [-0.25, -0.2) is 0 Å². The average molecular weight is 667 g/mol. The van der Waals surface area contributed by atoms with Crippen molar-refractivity contribution in [3.8, 4) is 0 Å². The van der Waals surface area contributed by atoms with Gasteiger partial charge in [-0.3, -0.25) is 14.4 Å². The number of carbonyl (C=O) groups is 3.